The molecule has 0 saturated carbocycles. The van der Waals surface area contributed by atoms with Crippen LogP contribution in [0.1, 0.15) is 16.1 Å². The van der Waals surface area contributed by atoms with Crippen LogP contribution >= 0.6 is 15.9 Å². The number of hydrogen-bond donors (Lipinski definition) is 0. The van der Waals surface area contributed by atoms with Gasteiger partial charge in [0.25, 0.3) is 5.91 Å². The third kappa shape index (κ3) is 5.99. The number of hydrogen-bond acceptors (Lipinski definition) is 5. The van der Waals surface area contributed by atoms with Crippen LogP contribution in [0.5, 0.6) is 5.75 Å². The number of nitrogens with zero attached hydrogens (tertiary/aromatic N) is 5. The molecular weight excluding hydrogens is 563 g/mol. The summed E-state index contributed by atoms with van der Waals surface area (Å²) in [5.74, 6) is 0.174. The van der Waals surface area contributed by atoms with Gasteiger partial charge >= 0.3 is 6.18 Å². The SMILES string of the molecule is Cn1c(C(=O)N2CCN(Cc3ccc(OCC(F)(F)F)cc3)CC2)cc2ccc(-c3cnc(Br)cn3)cc21. The Balaban J connectivity index is 1.20. The van der Waals surface area contributed by atoms with Crippen molar-refractivity contribution in [3.05, 3.63) is 76.8 Å². The number of aromatic nitrogens is 3. The van der Waals surface area contributed by atoms with Gasteiger partial charge in [0.2, 0.25) is 0 Å². The minimum atomic E-state index is -4.36. The lowest BCUT2D eigenvalue weighted by Crippen LogP contribution is -2.48. The molecular formula is C27H25BrF3N5O2. The van der Waals surface area contributed by atoms with E-state index >= 15 is 0 Å². The first kappa shape index (κ1) is 26.2. The van der Waals surface area contributed by atoms with Gasteiger partial charge in [-0.2, -0.15) is 13.2 Å². The zero-order valence-electron chi connectivity index (χ0n) is 20.6. The van der Waals surface area contributed by atoms with Gasteiger partial charge in [0.15, 0.2) is 6.61 Å². The second kappa shape index (κ2) is 10.7. The molecule has 5 rings (SSSR count). The van der Waals surface area contributed by atoms with Crippen molar-refractivity contribution in [2.24, 2.45) is 7.05 Å². The summed E-state index contributed by atoms with van der Waals surface area (Å²) < 4.78 is 44.3. The van der Waals surface area contributed by atoms with Gasteiger partial charge in [-0.3, -0.25) is 14.7 Å². The predicted octanol–water partition coefficient (Wildman–Crippen LogP) is 5.30. The van der Waals surface area contributed by atoms with Gasteiger partial charge < -0.3 is 14.2 Å². The third-order valence-electron chi connectivity index (χ3n) is 6.57. The minimum absolute atomic E-state index is 0.0144. The molecule has 0 spiro atoms. The second-order valence-corrected chi connectivity index (χ2v) is 10.0. The van der Waals surface area contributed by atoms with Crippen LogP contribution in [-0.4, -0.2) is 69.2 Å². The molecule has 0 N–H and O–H groups in total. The molecule has 11 heteroatoms. The second-order valence-electron chi connectivity index (χ2n) is 9.20. The smallest absolute Gasteiger partial charge is 0.422 e. The van der Waals surface area contributed by atoms with Crippen LogP contribution in [0.3, 0.4) is 0 Å². The van der Waals surface area contributed by atoms with Crippen molar-refractivity contribution in [2.45, 2.75) is 12.7 Å². The van der Waals surface area contributed by atoms with Crippen LogP contribution in [0, 0.1) is 0 Å². The quantitative estimate of drug-likeness (QED) is 0.306. The van der Waals surface area contributed by atoms with Crippen molar-refractivity contribution in [1.29, 1.82) is 0 Å². The molecule has 2 aromatic heterocycles. The van der Waals surface area contributed by atoms with E-state index in [1.54, 1.807) is 36.7 Å². The van der Waals surface area contributed by atoms with Crippen molar-refractivity contribution in [2.75, 3.05) is 32.8 Å². The van der Waals surface area contributed by atoms with Gasteiger partial charge in [-0.1, -0.05) is 24.3 Å². The van der Waals surface area contributed by atoms with Crippen LogP contribution in [0.4, 0.5) is 13.2 Å². The molecule has 38 heavy (non-hydrogen) atoms. The third-order valence-corrected chi connectivity index (χ3v) is 6.98. The van der Waals surface area contributed by atoms with Crippen molar-refractivity contribution >= 4 is 32.7 Å². The van der Waals surface area contributed by atoms with Gasteiger partial charge in [0.1, 0.15) is 16.0 Å². The molecule has 2 aromatic carbocycles. The van der Waals surface area contributed by atoms with E-state index in [1.165, 1.54) is 0 Å². The zero-order chi connectivity index (χ0) is 26.9. The van der Waals surface area contributed by atoms with Crippen LogP contribution < -0.4 is 4.74 Å². The van der Waals surface area contributed by atoms with Crippen molar-refractivity contribution in [1.82, 2.24) is 24.3 Å². The summed E-state index contributed by atoms with van der Waals surface area (Å²) in [6.45, 7) is 1.93. The normalized spacial score (nSPS) is 14.7. The standard InChI is InChI=1S/C27H25BrF3N5O2/c1-34-23-12-19(22-14-33-25(28)15-32-22)4-5-20(23)13-24(34)26(37)36-10-8-35(9-11-36)16-18-2-6-21(7-3-18)38-17-27(29,30)31/h2-7,12-15H,8-11,16-17H2,1H3. The summed E-state index contributed by atoms with van der Waals surface area (Å²) in [5.41, 5.74) is 4.22. The molecule has 0 aliphatic carbocycles. The maximum Gasteiger partial charge on any atom is 0.422 e. The average molecular weight is 588 g/mol. The number of carbonyl (C=O) groups excluding carboxylic acids is 1. The molecule has 1 aliphatic heterocycles. The summed E-state index contributed by atoms with van der Waals surface area (Å²) in [7, 11) is 1.89. The molecule has 0 bridgehead atoms. The Labute approximate surface area is 226 Å². The summed E-state index contributed by atoms with van der Waals surface area (Å²) >= 11 is 3.30. The Kier molecular flexibility index (Phi) is 7.40. The number of carbonyl (C=O) groups is 1. The van der Waals surface area contributed by atoms with Gasteiger partial charge in [-0.05, 0) is 45.8 Å². The first-order valence-corrected chi connectivity index (χ1v) is 12.8. The zero-order valence-corrected chi connectivity index (χ0v) is 22.2. The fourth-order valence-corrected chi connectivity index (χ4v) is 4.75. The summed E-state index contributed by atoms with van der Waals surface area (Å²) in [5, 5.41) is 0.978. The van der Waals surface area contributed by atoms with Crippen molar-refractivity contribution in [3.8, 4) is 17.0 Å². The molecule has 198 valence electrons. The molecule has 0 unspecified atom stereocenters. The highest BCUT2D eigenvalue weighted by molar-refractivity contribution is 9.10. The van der Waals surface area contributed by atoms with Gasteiger partial charge in [0, 0.05) is 56.2 Å². The Morgan fingerprint density at radius 1 is 1.00 bits per heavy atom. The highest BCUT2D eigenvalue weighted by Crippen LogP contribution is 2.26. The highest BCUT2D eigenvalue weighted by atomic mass is 79.9. The Morgan fingerprint density at radius 3 is 2.39 bits per heavy atom. The van der Waals surface area contributed by atoms with Crippen LogP contribution in [0.25, 0.3) is 22.2 Å². The van der Waals surface area contributed by atoms with Gasteiger partial charge in [0.05, 0.1) is 18.1 Å². The number of fused-ring (bicyclic) bond motifs is 1. The van der Waals surface area contributed by atoms with E-state index in [0.717, 1.165) is 27.7 Å². The number of halogens is 4. The van der Waals surface area contributed by atoms with E-state index in [9.17, 15) is 18.0 Å². The number of ether oxygens (including phenoxy) is 1. The van der Waals surface area contributed by atoms with Gasteiger partial charge in [-0.15, -0.1) is 0 Å². The number of aryl methyl sites for hydroxylation is 1. The fourth-order valence-electron chi connectivity index (χ4n) is 4.54. The van der Waals surface area contributed by atoms with Crippen LogP contribution in [0.2, 0.25) is 0 Å². The van der Waals surface area contributed by atoms with E-state index in [2.05, 4.69) is 30.8 Å². The molecule has 4 aromatic rings. The van der Waals surface area contributed by atoms with Crippen molar-refractivity contribution in [3.63, 3.8) is 0 Å². The first-order chi connectivity index (χ1) is 18.2. The topological polar surface area (TPSA) is 63.5 Å². The van der Waals surface area contributed by atoms with E-state index < -0.39 is 12.8 Å². The lowest BCUT2D eigenvalue weighted by molar-refractivity contribution is -0.153. The number of piperazine rings is 1. The Bertz CT molecular complexity index is 1430. The average Bonchev–Trinajstić information content (AvgIpc) is 3.24. The predicted molar refractivity (Wildman–Crippen MR) is 141 cm³/mol. The summed E-state index contributed by atoms with van der Waals surface area (Å²) in [6, 6.07) is 14.5. The molecule has 7 nitrogen and oxygen atoms in total. The molecule has 1 saturated heterocycles. The van der Waals surface area contributed by atoms with E-state index in [-0.39, 0.29) is 11.7 Å². The van der Waals surface area contributed by atoms with Crippen molar-refractivity contribution < 1.29 is 22.7 Å². The summed E-state index contributed by atoms with van der Waals surface area (Å²) in [4.78, 5) is 26.1. The molecule has 1 amide bonds. The molecule has 1 fully saturated rings. The van der Waals surface area contributed by atoms with Crippen LogP contribution in [-0.2, 0) is 13.6 Å². The maximum absolute atomic E-state index is 13.4. The van der Waals surface area contributed by atoms with E-state index in [1.807, 2.05) is 40.8 Å². The lowest BCUT2D eigenvalue weighted by Gasteiger charge is -2.34. The number of rotatable bonds is 6. The number of benzene rings is 2. The highest BCUT2D eigenvalue weighted by Gasteiger charge is 2.28. The Morgan fingerprint density at radius 2 is 1.74 bits per heavy atom. The van der Waals surface area contributed by atoms with E-state index in [4.69, 9.17) is 4.74 Å². The lowest BCUT2D eigenvalue weighted by atomic mass is 10.1. The fraction of sp³-hybridized carbons (Fsp3) is 0.296. The molecule has 3 heterocycles. The minimum Gasteiger partial charge on any atom is -0.484 e. The van der Waals surface area contributed by atoms with E-state index in [0.29, 0.717) is 43.0 Å². The molecule has 0 radical (unpaired) electrons. The number of amides is 1. The summed E-state index contributed by atoms with van der Waals surface area (Å²) in [6.07, 6.45) is -1.00. The molecule has 0 atom stereocenters. The largest absolute Gasteiger partial charge is 0.484 e. The molecule has 1 aliphatic rings. The van der Waals surface area contributed by atoms with Gasteiger partial charge in [-0.25, -0.2) is 4.98 Å². The number of alkyl halides is 3. The Hall–Kier alpha value is -3.44. The monoisotopic (exact) mass is 587 g/mol. The first-order valence-electron chi connectivity index (χ1n) is 12.0. The maximum atomic E-state index is 13.4. The van der Waals surface area contributed by atoms with Crippen LogP contribution in [0.15, 0.2) is 65.5 Å².